The van der Waals surface area contributed by atoms with E-state index in [4.69, 9.17) is 19.9 Å². The van der Waals surface area contributed by atoms with Gasteiger partial charge in [0.05, 0.1) is 5.69 Å². The third-order valence-electron chi connectivity index (χ3n) is 7.97. The molecule has 4 heterocycles. The Balaban J connectivity index is 1.23. The van der Waals surface area contributed by atoms with Crippen molar-refractivity contribution in [2.45, 2.75) is 0 Å². The zero-order chi connectivity index (χ0) is 29.0. The van der Waals surface area contributed by atoms with Gasteiger partial charge in [0.2, 0.25) is 0 Å². The van der Waals surface area contributed by atoms with Gasteiger partial charge in [-0.25, -0.2) is 19.9 Å². The summed E-state index contributed by atoms with van der Waals surface area (Å²) in [4.78, 5) is 21.1. The standard InChI is InChI=1S/C38H22N4S2/c1-3-11-24(12-4-1)35-40-36(25-13-5-2-6-14-25)42-37(41-35)26-21-19-23(20-22-26)33-31-27-15-7-9-17-29(27)43-34(31)32-28-16-8-10-18-30(28)44-38(32)39-33/h1-22H. The molecule has 4 nitrogen and oxygen atoms in total. The molecule has 0 atom stereocenters. The van der Waals surface area contributed by atoms with Crippen LogP contribution in [0.3, 0.4) is 0 Å². The van der Waals surface area contributed by atoms with E-state index in [9.17, 15) is 0 Å². The molecular formula is C38H22N4S2. The predicted molar refractivity (Wildman–Crippen MR) is 185 cm³/mol. The van der Waals surface area contributed by atoms with E-state index in [1.165, 1.54) is 35.6 Å². The lowest BCUT2D eigenvalue weighted by Crippen LogP contribution is -2.00. The Hall–Kier alpha value is -5.30. The molecule has 0 aliphatic carbocycles. The Kier molecular flexibility index (Phi) is 5.82. The number of thiophene rings is 2. The first-order valence-corrected chi connectivity index (χ1v) is 16.0. The lowest BCUT2D eigenvalue weighted by atomic mass is 10.0. The van der Waals surface area contributed by atoms with Crippen LogP contribution in [0.25, 0.3) is 85.9 Å². The summed E-state index contributed by atoms with van der Waals surface area (Å²) in [7, 11) is 0. The summed E-state index contributed by atoms with van der Waals surface area (Å²) < 4.78 is 3.83. The van der Waals surface area contributed by atoms with Crippen molar-refractivity contribution in [1.82, 2.24) is 19.9 Å². The van der Waals surface area contributed by atoms with Crippen molar-refractivity contribution in [3.8, 4) is 45.4 Å². The van der Waals surface area contributed by atoms with Gasteiger partial charge in [-0.05, 0) is 12.1 Å². The van der Waals surface area contributed by atoms with Crippen LogP contribution in [0.15, 0.2) is 133 Å². The van der Waals surface area contributed by atoms with Crippen LogP contribution in [0.5, 0.6) is 0 Å². The highest BCUT2D eigenvalue weighted by Gasteiger charge is 2.20. The van der Waals surface area contributed by atoms with Crippen LogP contribution in [0.4, 0.5) is 0 Å². The van der Waals surface area contributed by atoms with Crippen LogP contribution in [0.1, 0.15) is 0 Å². The number of rotatable bonds is 4. The highest BCUT2D eigenvalue weighted by atomic mass is 32.1. The van der Waals surface area contributed by atoms with Crippen molar-refractivity contribution in [3.05, 3.63) is 133 Å². The summed E-state index contributed by atoms with van der Waals surface area (Å²) in [6.07, 6.45) is 0. The van der Waals surface area contributed by atoms with Crippen LogP contribution in [0, 0.1) is 0 Å². The van der Waals surface area contributed by atoms with Crippen LogP contribution in [-0.4, -0.2) is 19.9 Å². The molecule has 6 heteroatoms. The number of pyridine rings is 1. The van der Waals surface area contributed by atoms with Gasteiger partial charge in [0.1, 0.15) is 4.83 Å². The first kappa shape index (κ1) is 25.2. The number of hydrogen-bond donors (Lipinski definition) is 0. The molecule has 9 aromatic rings. The largest absolute Gasteiger partial charge is 0.236 e. The summed E-state index contributed by atoms with van der Waals surface area (Å²) in [6.45, 7) is 0. The van der Waals surface area contributed by atoms with Crippen molar-refractivity contribution >= 4 is 63.1 Å². The highest BCUT2D eigenvalue weighted by Crippen LogP contribution is 2.47. The minimum Gasteiger partial charge on any atom is -0.236 e. The smallest absolute Gasteiger partial charge is 0.164 e. The maximum atomic E-state index is 5.33. The van der Waals surface area contributed by atoms with E-state index in [2.05, 4.69) is 72.8 Å². The topological polar surface area (TPSA) is 51.6 Å². The fourth-order valence-corrected chi connectivity index (χ4v) is 8.28. The second kappa shape index (κ2) is 10.2. The van der Waals surface area contributed by atoms with E-state index >= 15 is 0 Å². The molecule has 0 aliphatic rings. The Morgan fingerprint density at radius 2 is 0.818 bits per heavy atom. The number of aromatic nitrogens is 4. The molecule has 0 N–H and O–H groups in total. The minimum absolute atomic E-state index is 0.642. The van der Waals surface area contributed by atoms with Crippen LogP contribution >= 0.6 is 22.7 Å². The fraction of sp³-hybridized carbons (Fsp3) is 0. The lowest BCUT2D eigenvalue weighted by molar-refractivity contribution is 1.07. The molecule has 0 aliphatic heterocycles. The summed E-state index contributed by atoms with van der Waals surface area (Å²) in [5.41, 5.74) is 4.92. The number of fused-ring (bicyclic) bond motifs is 7. The first-order chi connectivity index (χ1) is 21.8. The molecule has 44 heavy (non-hydrogen) atoms. The number of nitrogens with zero attached hydrogens (tertiary/aromatic N) is 4. The Bertz CT molecular complexity index is 2420. The summed E-state index contributed by atoms with van der Waals surface area (Å²) in [6, 6.07) is 45.9. The van der Waals surface area contributed by atoms with Gasteiger partial charge in [-0.1, -0.05) is 121 Å². The molecule has 0 fully saturated rings. The number of benzene rings is 5. The van der Waals surface area contributed by atoms with Crippen molar-refractivity contribution in [1.29, 1.82) is 0 Å². The molecule has 0 unspecified atom stereocenters. The molecule has 0 amide bonds. The van der Waals surface area contributed by atoms with E-state index in [0.717, 1.165) is 32.8 Å². The van der Waals surface area contributed by atoms with Crippen molar-refractivity contribution in [3.63, 3.8) is 0 Å². The molecule has 5 aromatic carbocycles. The Labute approximate surface area is 261 Å². The zero-order valence-corrected chi connectivity index (χ0v) is 24.9. The van der Waals surface area contributed by atoms with Gasteiger partial charge in [0.15, 0.2) is 17.5 Å². The summed E-state index contributed by atoms with van der Waals surface area (Å²) >= 11 is 3.62. The van der Waals surface area contributed by atoms with Crippen LogP contribution < -0.4 is 0 Å². The molecular weight excluding hydrogens is 577 g/mol. The highest BCUT2D eigenvalue weighted by molar-refractivity contribution is 7.29. The van der Waals surface area contributed by atoms with Crippen LogP contribution in [0.2, 0.25) is 0 Å². The van der Waals surface area contributed by atoms with E-state index in [1.54, 1.807) is 11.3 Å². The molecule has 0 radical (unpaired) electrons. The molecule has 206 valence electrons. The predicted octanol–water partition coefficient (Wildman–Crippen LogP) is 10.7. The maximum Gasteiger partial charge on any atom is 0.164 e. The van der Waals surface area contributed by atoms with E-state index < -0.39 is 0 Å². The van der Waals surface area contributed by atoms with E-state index in [0.29, 0.717) is 17.5 Å². The zero-order valence-electron chi connectivity index (χ0n) is 23.3. The monoisotopic (exact) mass is 598 g/mol. The quantitative estimate of drug-likeness (QED) is 0.202. The average molecular weight is 599 g/mol. The number of hydrogen-bond acceptors (Lipinski definition) is 6. The SMILES string of the molecule is c1ccc(-c2nc(-c3ccccc3)nc(-c3ccc(-c4nc5sc6ccccc6c5c5sc6ccccc6c45)cc3)n2)cc1. The second-order valence-electron chi connectivity index (χ2n) is 10.7. The van der Waals surface area contributed by atoms with E-state index in [-0.39, 0.29) is 0 Å². The summed E-state index contributed by atoms with van der Waals surface area (Å²) in [5.74, 6) is 1.95. The average Bonchev–Trinajstić information content (AvgIpc) is 3.67. The van der Waals surface area contributed by atoms with Crippen molar-refractivity contribution in [2.24, 2.45) is 0 Å². The van der Waals surface area contributed by atoms with Crippen molar-refractivity contribution in [2.75, 3.05) is 0 Å². The molecule has 0 saturated heterocycles. The van der Waals surface area contributed by atoms with Gasteiger partial charge in [0.25, 0.3) is 0 Å². The molecule has 0 saturated carbocycles. The third-order valence-corrected chi connectivity index (χ3v) is 10.2. The van der Waals surface area contributed by atoms with Gasteiger partial charge < -0.3 is 0 Å². The fourth-order valence-electron chi connectivity index (χ4n) is 5.87. The first-order valence-electron chi connectivity index (χ1n) is 14.4. The minimum atomic E-state index is 0.642. The normalized spacial score (nSPS) is 11.6. The molecule has 4 aromatic heterocycles. The lowest BCUT2D eigenvalue weighted by Gasteiger charge is -2.09. The van der Waals surface area contributed by atoms with Gasteiger partial charge in [0, 0.05) is 57.9 Å². The maximum absolute atomic E-state index is 5.33. The van der Waals surface area contributed by atoms with Gasteiger partial charge >= 0.3 is 0 Å². The van der Waals surface area contributed by atoms with E-state index in [1.807, 2.05) is 72.0 Å². The van der Waals surface area contributed by atoms with Crippen LogP contribution in [-0.2, 0) is 0 Å². The summed E-state index contributed by atoms with van der Waals surface area (Å²) in [5, 5.41) is 4.99. The van der Waals surface area contributed by atoms with Gasteiger partial charge in [-0.2, -0.15) is 0 Å². The molecule has 0 spiro atoms. The van der Waals surface area contributed by atoms with Crippen molar-refractivity contribution < 1.29 is 0 Å². The third kappa shape index (κ3) is 4.11. The second-order valence-corrected chi connectivity index (χ2v) is 12.7. The Morgan fingerprint density at radius 3 is 1.41 bits per heavy atom. The Morgan fingerprint density at radius 1 is 0.364 bits per heavy atom. The van der Waals surface area contributed by atoms with Gasteiger partial charge in [-0.3, -0.25) is 0 Å². The molecule has 0 bridgehead atoms. The molecule has 9 rings (SSSR count). The van der Waals surface area contributed by atoms with Gasteiger partial charge in [-0.15, -0.1) is 22.7 Å².